The van der Waals surface area contributed by atoms with Gasteiger partial charge in [-0.3, -0.25) is 0 Å². The van der Waals surface area contributed by atoms with Gasteiger partial charge in [0.2, 0.25) is 0 Å². The Morgan fingerprint density at radius 3 is 2.86 bits per heavy atom. The van der Waals surface area contributed by atoms with Gasteiger partial charge in [0.1, 0.15) is 5.75 Å². The minimum absolute atomic E-state index is 0.353. The molecule has 1 aliphatic rings. The minimum Gasteiger partial charge on any atom is -0.491 e. The molecule has 1 heterocycles. The number of hydrogen-bond donors (Lipinski definition) is 1. The molecule has 21 heavy (non-hydrogen) atoms. The maximum Gasteiger partial charge on any atom is 0.142 e. The molecule has 0 spiro atoms. The molecule has 2 aromatic carbocycles. The van der Waals surface area contributed by atoms with Crippen LogP contribution in [0.3, 0.4) is 0 Å². The Morgan fingerprint density at radius 1 is 1.24 bits per heavy atom. The lowest BCUT2D eigenvalue weighted by molar-refractivity contribution is 0.295. The van der Waals surface area contributed by atoms with Gasteiger partial charge in [-0.15, -0.1) is 11.8 Å². The topological polar surface area (TPSA) is 35.2 Å². The zero-order valence-electron chi connectivity index (χ0n) is 11.3. The number of hydrogen-bond acceptors (Lipinski definition) is 3. The van der Waals surface area contributed by atoms with Gasteiger partial charge in [0.05, 0.1) is 11.6 Å². The highest BCUT2D eigenvalue weighted by atomic mass is 35.5. The zero-order chi connectivity index (χ0) is 14.8. The van der Waals surface area contributed by atoms with Crippen molar-refractivity contribution in [3.63, 3.8) is 0 Å². The first-order chi connectivity index (χ1) is 10.2. The lowest BCUT2D eigenvalue weighted by Gasteiger charge is -2.16. The largest absolute Gasteiger partial charge is 0.491 e. The minimum atomic E-state index is 0.353. The number of benzene rings is 2. The standard InChI is InChI=1S/C16H15Cl2NOS/c17-12-5-10(7-19)16(14(18)6-12)20-8-11-9-21-15-4-2-1-3-13(11)15/h1-6,11H,7-9,19H2. The van der Waals surface area contributed by atoms with Crippen LogP contribution in [0.4, 0.5) is 0 Å². The van der Waals surface area contributed by atoms with Crippen molar-refractivity contribution in [2.45, 2.75) is 17.4 Å². The van der Waals surface area contributed by atoms with Crippen LogP contribution in [0.15, 0.2) is 41.3 Å². The van der Waals surface area contributed by atoms with Crippen LogP contribution in [0.2, 0.25) is 10.0 Å². The molecule has 0 aliphatic carbocycles. The molecule has 1 unspecified atom stereocenters. The Kier molecular flexibility index (Phi) is 4.65. The van der Waals surface area contributed by atoms with Crippen LogP contribution >= 0.6 is 35.0 Å². The van der Waals surface area contributed by atoms with E-state index in [0.29, 0.717) is 34.9 Å². The molecular formula is C16H15Cl2NOS. The average molecular weight is 340 g/mol. The summed E-state index contributed by atoms with van der Waals surface area (Å²) in [4.78, 5) is 1.34. The lowest BCUT2D eigenvalue weighted by Crippen LogP contribution is -2.12. The van der Waals surface area contributed by atoms with Crippen LogP contribution in [0.5, 0.6) is 5.75 Å². The van der Waals surface area contributed by atoms with Crippen LogP contribution in [-0.4, -0.2) is 12.4 Å². The van der Waals surface area contributed by atoms with Crippen molar-refractivity contribution >= 4 is 35.0 Å². The number of nitrogens with two attached hydrogens (primary N) is 1. The third-order valence-electron chi connectivity index (χ3n) is 3.53. The Labute approximate surface area is 138 Å². The first-order valence-corrected chi connectivity index (χ1v) is 8.45. The number of halogens is 2. The molecule has 0 amide bonds. The number of thioether (sulfide) groups is 1. The van der Waals surface area contributed by atoms with Crippen LogP contribution < -0.4 is 10.5 Å². The maximum atomic E-state index is 6.23. The summed E-state index contributed by atoms with van der Waals surface area (Å²) >= 11 is 14.1. The second-order valence-electron chi connectivity index (χ2n) is 4.94. The Balaban J connectivity index is 1.78. The van der Waals surface area contributed by atoms with E-state index in [2.05, 4.69) is 24.3 Å². The first-order valence-electron chi connectivity index (χ1n) is 6.71. The predicted octanol–water partition coefficient (Wildman–Crippen LogP) is 4.72. The van der Waals surface area contributed by atoms with Gasteiger partial charge >= 0.3 is 0 Å². The van der Waals surface area contributed by atoms with Crippen molar-refractivity contribution < 1.29 is 4.74 Å². The maximum absolute atomic E-state index is 6.23. The fraction of sp³-hybridized carbons (Fsp3) is 0.250. The molecule has 2 N–H and O–H groups in total. The Hall–Kier alpha value is -0.870. The zero-order valence-corrected chi connectivity index (χ0v) is 13.6. The van der Waals surface area contributed by atoms with Crippen LogP contribution in [-0.2, 0) is 6.54 Å². The van der Waals surface area contributed by atoms with Gasteiger partial charge in [-0.05, 0) is 23.8 Å². The SMILES string of the molecule is NCc1cc(Cl)cc(Cl)c1OCC1CSc2ccccc21. The third-order valence-corrected chi connectivity index (χ3v) is 5.28. The highest BCUT2D eigenvalue weighted by Crippen LogP contribution is 2.40. The van der Waals surface area contributed by atoms with E-state index in [1.54, 1.807) is 12.1 Å². The van der Waals surface area contributed by atoms with E-state index in [1.807, 2.05) is 11.8 Å². The van der Waals surface area contributed by atoms with Gasteiger partial charge in [-0.2, -0.15) is 0 Å². The van der Waals surface area contributed by atoms with Crippen molar-refractivity contribution in [2.24, 2.45) is 5.73 Å². The number of ether oxygens (including phenoxy) is 1. The lowest BCUT2D eigenvalue weighted by atomic mass is 10.0. The predicted molar refractivity (Wildman–Crippen MR) is 89.8 cm³/mol. The number of rotatable bonds is 4. The van der Waals surface area contributed by atoms with E-state index < -0.39 is 0 Å². The summed E-state index contributed by atoms with van der Waals surface area (Å²) < 4.78 is 5.97. The molecule has 0 saturated carbocycles. The van der Waals surface area contributed by atoms with E-state index in [0.717, 1.165) is 11.3 Å². The highest BCUT2D eigenvalue weighted by molar-refractivity contribution is 7.99. The van der Waals surface area contributed by atoms with Crippen LogP contribution in [0.1, 0.15) is 17.0 Å². The summed E-state index contributed by atoms with van der Waals surface area (Å²) in [6.07, 6.45) is 0. The molecule has 5 heteroatoms. The quantitative estimate of drug-likeness (QED) is 0.875. The Bertz CT molecular complexity index is 663. The summed E-state index contributed by atoms with van der Waals surface area (Å²) in [6, 6.07) is 11.9. The summed E-state index contributed by atoms with van der Waals surface area (Å²) in [5.74, 6) is 2.06. The molecule has 1 atom stereocenters. The second kappa shape index (κ2) is 6.49. The summed E-state index contributed by atoms with van der Waals surface area (Å²) in [6.45, 7) is 0.948. The molecule has 2 nitrogen and oxygen atoms in total. The summed E-state index contributed by atoms with van der Waals surface area (Å²) in [5.41, 5.74) is 7.94. The fourth-order valence-electron chi connectivity index (χ4n) is 2.48. The van der Waals surface area contributed by atoms with Gasteiger partial charge in [0.15, 0.2) is 0 Å². The Morgan fingerprint density at radius 2 is 2.05 bits per heavy atom. The molecular weight excluding hydrogens is 325 g/mol. The highest BCUT2D eigenvalue weighted by Gasteiger charge is 2.24. The van der Waals surface area contributed by atoms with Crippen molar-refractivity contribution in [2.75, 3.05) is 12.4 Å². The molecule has 0 radical (unpaired) electrons. The van der Waals surface area contributed by atoms with Gasteiger partial charge in [-0.1, -0.05) is 41.4 Å². The normalized spacial score (nSPS) is 16.8. The van der Waals surface area contributed by atoms with Gasteiger partial charge in [0.25, 0.3) is 0 Å². The van der Waals surface area contributed by atoms with Gasteiger partial charge < -0.3 is 10.5 Å². The molecule has 0 fully saturated rings. The van der Waals surface area contributed by atoms with Gasteiger partial charge in [-0.25, -0.2) is 0 Å². The monoisotopic (exact) mass is 339 g/mol. The second-order valence-corrected chi connectivity index (χ2v) is 6.84. The first kappa shape index (κ1) is 15.0. The number of fused-ring (bicyclic) bond motifs is 1. The van der Waals surface area contributed by atoms with E-state index >= 15 is 0 Å². The van der Waals surface area contributed by atoms with E-state index in [1.165, 1.54) is 10.5 Å². The molecule has 0 bridgehead atoms. The van der Waals surface area contributed by atoms with Crippen molar-refractivity contribution in [1.29, 1.82) is 0 Å². The van der Waals surface area contributed by atoms with Crippen LogP contribution in [0.25, 0.3) is 0 Å². The molecule has 0 saturated heterocycles. The molecule has 1 aliphatic heterocycles. The fourth-order valence-corrected chi connectivity index (χ4v) is 4.30. The van der Waals surface area contributed by atoms with E-state index in [-0.39, 0.29) is 0 Å². The van der Waals surface area contributed by atoms with Crippen LogP contribution in [0, 0.1) is 0 Å². The van der Waals surface area contributed by atoms with Crippen molar-refractivity contribution in [3.8, 4) is 5.75 Å². The van der Waals surface area contributed by atoms with Gasteiger partial charge in [0, 0.05) is 33.7 Å². The summed E-state index contributed by atoms with van der Waals surface area (Å²) in [7, 11) is 0. The summed E-state index contributed by atoms with van der Waals surface area (Å²) in [5, 5.41) is 1.09. The van der Waals surface area contributed by atoms with Crippen molar-refractivity contribution in [3.05, 3.63) is 57.6 Å². The molecule has 110 valence electrons. The third kappa shape index (κ3) is 3.16. The average Bonchev–Trinajstić information content (AvgIpc) is 2.89. The molecule has 2 aromatic rings. The molecule has 3 rings (SSSR count). The van der Waals surface area contributed by atoms with Crippen molar-refractivity contribution in [1.82, 2.24) is 0 Å². The van der Waals surface area contributed by atoms with E-state index in [4.69, 9.17) is 33.7 Å². The van der Waals surface area contributed by atoms with E-state index in [9.17, 15) is 0 Å². The molecule has 0 aromatic heterocycles. The smallest absolute Gasteiger partial charge is 0.142 e.